The molecule has 46 heavy (non-hydrogen) atoms. The predicted molar refractivity (Wildman–Crippen MR) is 171 cm³/mol. The number of methoxy groups -OCH3 is 1. The molecule has 1 aromatic heterocycles. The number of rotatable bonds is 6. The van der Waals surface area contributed by atoms with E-state index in [1.165, 1.54) is 14.0 Å². The first-order valence-electron chi connectivity index (χ1n) is 15.5. The lowest BCUT2D eigenvalue weighted by atomic mass is 9.83. The van der Waals surface area contributed by atoms with E-state index in [-0.39, 0.29) is 25.2 Å². The molecule has 2 aliphatic heterocycles. The lowest BCUT2D eigenvalue weighted by Crippen LogP contribution is -2.54. The van der Waals surface area contributed by atoms with Crippen LogP contribution in [0.1, 0.15) is 81.2 Å². The van der Waals surface area contributed by atoms with Crippen LogP contribution in [0.4, 0.5) is 0 Å². The molecule has 2 aliphatic rings. The van der Waals surface area contributed by atoms with Gasteiger partial charge in [-0.1, -0.05) is 41.7 Å². The largest absolute Gasteiger partial charge is 0.482 e. The fourth-order valence-electron chi connectivity index (χ4n) is 6.25. The maximum Gasteiger partial charge on any atom is 0.339 e. The molecule has 0 amide bonds. The molecule has 5 rings (SSSR count). The van der Waals surface area contributed by atoms with Gasteiger partial charge in [-0.05, 0) is 69.4 Å². The lowest BCUT2D eigenvalue weighted by Gasteiger charge is -2.44. The lowest BCUT2D eigenvalue weighted by molar-refractivity contribution is -0.188. The third-order valence-electron chi connectivity index (χ3n) is 8.61. The van der Waals surface area contributed by atoms with Crippen LogP contribution in [-0.4, -0.2) is 49.1 Å². The number of allylic oxidation sites excluding steroid dienone is 1. The van der Waals surface area contributed by atoms with Gasteiger partial charge in [-0.3, -0.25) is 4.79 Å². The van der Waals surface area contributed by atoms with Crippen molar-refractivity contribution >= 4 is 22.9 Å². The van der Waals surface area contributed by atoms with E-state index in [9.17, 15) is 19.5 Å². The number of aliphatic hydroxyl groups excluding tert-OH is 1. The quantitative estimate of drug-likeness (QED) is 0.163. The number of hydrogen-bond donors (Lipinski definition) is 1. The summed E-state index contributed by atoms with van der Waals surface area (Å²) in [5.74, 6) is 5.21. The molecule has 0 aliphatic carbocycles. The number of carbonyl (C=O) groups excluding carboxylic acids is 2. The molecule has 3 aromatic rings. The SMILES string of the molecule is COC[C@@H](CCO)c1cc2ccc3c(c2oc1=O)[C@@H](OC(C)=O)[C@@H]1OC(=O)C(=C(C)C)CCc2cccc(c2)CC#CC[C@]1(C)O3. The van der Waals surface area contributed by atoms with Crippen molar-refractivity contribution in [3.05, 3.63) is 86.3 Å². The average molecular weight is 629 g/mol. The highest BCUT2D eigenvalue weighted by atomic mass is 16.6. The summed E-state index contributed by atoms with van der Waals surface area (Å²) in [7, 11) is 1.53. The van der Waals surface area contributed by atoms with E-state index in [2.05, 4.69) is 17.9 Å². The van der Waals surface area contributed by atoms with Crippen molar-refractivity contribution in [2.75, 3.05) is 20.3 Å². The van der Waals surface area contributed by atoms with E-state index in [0.29, 0.717) is 53.5 Å². The fourth-order valence-corrected chi connectivity index (χ4v) is 6.25. The molecule has 0 saturated heterocycles. The minimum absolute atomic E-state index is 0.133. The van der Waals surface area contributed by atoms with Crippen molar-refractivity contribution in [1.82, 2.24) is 0 Å². The normalized spacial score (nSPS) is 21.8. The van der Waals surface area contributed by atoms with Crippen molar-refractivity contribution in [2.24, 2.45) is 0 Å². The Morgan fingerprint density at radius 3 is 2.59 bits per heavy atom. The first kappa shape index (κ1) is 33.0. The van der Waals surface area contributed by atoms with Crippen molar-refractivity contribution in [2.45, 2.75) is 83.5 Å². The molecule has 242 valence electrons. The van der Waals surface area contributed by atoms with E-state index >= 15 is 0 Å². The maximum absolute atomic E-state index is 13.9. The fraction of sp³-hybridized carbons (Fsp3) is 0.432. The Morgan fingerprint density at radius 2 is 1.87 bits per heavy atom. The number of ether oxygens (including phenoxy) is 4. The van der Waals surface area contributed by atoms with Crippen LogP contribution in [0.15, 0.2) is 62.8 Å². The highest BCUT2D eigenvalue weighted by molar-refractivity contribution is 5.90. The molecular formula is C37H40O9. The second-order valence-corrected chi connectivity index (χ2v) is 12.3. The number of fused-ring (bicyclic) bond motifs is 6. The van der Waals surface area contributed by atoms with E-state index in [4.69, 9.17) is 23.4 Å². The second kappa shape index (κ2) is 13.9. The summed E-state index contributed by atoms with van der Waals surface area (Å²) >= 11 is 0. The van der Waals surface area contributed by atoms with Crippen LogP contribution in [0.3, 0.4) is 0 Å². The van der Waals surface area contributed by atoms with Gasteiger partial charge in [0.2, 0.25) is 0 Å². The van der Waals surface area contributed by atoms with Gasteiger partial charge in [-0.2, -0.15) is 0 Å². The van der Waals surface area contributed by atoms with Gasteiger partial charge in [0.05, 0.1) is 18.6 Å². The topological polar surface area (TPSA) is 122 Å². The molecule has 3 heterocycles. The van der Waals surface area contributed by atoms with E-state index in [1.807, 2.05) is 32.0 Å². The molecule has 0 spiro atoms. The minimum Gasteiger partial charge on any atom is -0.482 e. The number of aliphatic hydroxyl groups is 1. The zero-order valence-electron chi connectivity index (χ0n) is 26.9. The average Bonchev–Trinajstić information content (AvgIpc) is 3.00. The third kappa shape index (κ3) is 6.88. The molecule has 9 nitrogen and oxygen atoms in total. The van der Waals surface area contributed by atoms with Gasteiger partial charge >= 0.3 is 17.6 Å². The van der Waals surface area contributed by atoms with Gasteiger partial charge in [0.25, 0.3) is 0 Å². The highest BCUT2D eigenvalue weighted by Crippen LogP contribution is 2.48. The van der Waals surface area contributed by atoms with Crippen LogP contribution in [0.2, 0.25) is 0 Å². The molecule has 0 saturated carbocycles. The third-order valence-corrected chi connectivity index (χ3v) is 8.61. The van der Waals surface area contributed by atoms with Gasteiger partial charge in [0.1, 0.15) is 11.3 Å². The van der Waals surface area contributed by atoms with Crippen molar-refractivity contribution < 1.29 is 38.1 Å². The van der Waals surface area contributed by atoms with Crippen LogP contribution in [0, 0.1) is 11.8 Å². The number of esters is 2. The summed E-state index contributed by atoms with van der Waals surface area (Å²) in [6, 6.07) is 13.3. The highest BCUT2D eigenvalue weighted by Gasteiger charge is 2.52. The van der Waals surface area contributed by atoms with Gasteiger partial charge in [0.15, 0.2) is 17.8 Å². The summed E-state index contributed by atoms with van der Waals surface area (Å²) in [5, 5.41) is 10.1. The van der Waals surface area contributed by atoms with E-state index in [1.54, 1.807) is 25.1 Å². The van der Waals surface area contributed by atoms with Gasteiger partial charge < -0.3 is 28.5 Å². The Bertz CT molecular complexity index is 1780. The van der Waals surface area contributed by atoms with E-state index < -0.39 is 41.3 Å². The Kier molecular flexibility index (Phi) is 10.00. The molecular weight excluding hydrogens is 588 g/mol. The van der Waals surface area contributed by atoms with Gasteiger partial charge in [-0.25, -0.2) is 9.59 Å². The van der Waals surface area contributed by atoms with Crippen LogP contribution in [-0.2, 0) is 36.6 Å². The smallest absolute Gasteiger partial charge is 0.339 e. The minimum atomic E-state index is -1.23. The van der Waals surface area contributed by atoms with Gasteiger partial charge in [-0.15, -0.1) is 0 Å². The molecule has 1 N–H and O–H groups in total. The van der Waals surface area contributed by atoms with Crippen LogP contribution in [0.25, 0.3) is 11.0 Å². The standard InChI is InChI=1S/C37H40O9/c1-22(2)28-14-12-25-11-8-10-24(19-25)9-6-7-17-37(4)34(45-35(28)40)33(43-23(3)39)31-30(46-37)15-13-26-20-29(36(41)44-32(26)31)27(16-18-38)21-42-5/h8,10-11,13,15,19-20,27,33-34,38H,9,12,14,16-18,21H2,1-5H3/t27-,33-,34+,37+/m1/s1. The summed E-state index contributed by atoms with van der Waals surface area (Å²) in [5.41, 5.74) is 2.45. The molecule has 9 heteroatoms. The molecule has 2 bridgehead atoms. The van der Waals surface area contributed by atoms with Crippen molar-refractivity contribution in [3.63, 3.8) is 0 Å². The number of hydrogen-bond acceptors (Lipinski definition) is 9. The van der Waals surface area contributed by atoms with E-state index in [0.717, 1.165) is 16.7 Å². The summed E-state index contributed by atoms with van der Waals surface area (Å²) in [6.07, 6.45) is -0.216. The van der Waals surface area contributed by atoms with Crippen molar-refractivity contribution in [3.8, 4) is 17.6 Å². The summed E-state index contributed by atoms with van der Waals surface area (Å²) < 4.78 is 30.0. The van der Waals surface area contributed by atoms with Crippen LogP contribution in [0.5, 0.6) is 5.75 Å². The first-order chi connectivity index (χ1) is 22.0. The monoisotopic (exact) mass is 628 g/mol. The number of carbonyl (C=O) groups is 2. The zero-order valence-corrected chi connectivity index (χ0v) is 26.9. The molecule has 4 atom stereocenters. The zero-order chi connectivity index (χ0) is 33.0. The molecule has 0 fully saturated rings. The predicted octanol–water partition coefficient (Wildman–Crippen LogP) is 5.49. The maximum atomic E-state index is 13.9. The van der Waals surface area contributed by atoms with Crippen LogP contribution >= 0.6 is 0 Å². The second-order valence-electron chi connectivity index (χ2n) is 12.3. The first-order valence-corrected chi connectivity index (χ1v) is 15.5. The Hall–Kier alpha value is -4.39. The Labute approximate surface area is 268 Å². The van der Waals surface area contributed by atoms with Gasteiger partial charge in [0, 0.05) is 49.5 Å². The number of aryl methyl sites for hydroxylation is 1. The number of benzene rings is 2. The molecule has 0 radical (unpaired) electrons. The van der Waals surface area contributed by atoms with Crippen LogP contribution < -0.4 is 10.4 Å². The Balaban J connectivity index is 1.67. The summed E-state index contributed by atoms with van der Waals surface area (Å²) in [6.45, 7) is 6.87. The molecule has 2 aromatic carbocycles. The van der Waals surface area contributed by atoms with Crippen molar-refractivity contribution in [1.29, 1.82) is 0 Å². The Morgan fingerprint density at radius 1 is 1.09 bits per heavy atom. The molecule has 0 unspecified atom stereocenters. The summed E-state index contributed by atoms with van der Waals surface area (Å²) in [4.78, 5) is 39.9.